The molecule has 0 saturated carbocycles. The molecule has 1 aromatic carbocycles. The van der Waals surface area contributed by atoms with Crippen molar-refractivity contribution in [3.63, 3.8) is 0 Å². The third-order valence-corrected chi connectivity index (χ3v) is 3.74. The summed E-state index contributed by atoms with van der Waals surface area (Å²) in [7, 11) is -3.60. The van der Waals surface area contributed by atoms with E-state index >= 15 is 0 Å². The summed E-state index contributed by atoms with van der Waals surface area (Å²) in [6.07, 6.45) is 1.41. The van der Waals surface area contributed by atoms with Crippen LogP contribution in [0.5, 0.6) is 0 Å². The molecule has 0 aliphatic rings. The third-order valence-electron chi connectivity index (χ3n) is 2.38. The quantitative estimate of drug-likeness (QED) is 0.883. The first-order chi connectivity index (χ1) is 8.49. The summed E-state index contributed by atoms with van der Waals surface area (Å²) < 4.78 is 26.5. The van der Waals surface area contributed by atoms with Gasteiger partial charge >= 0.3 is 0 Å². The zero-order valence-electron chi connectivity index (χ0n) is 9.79. The highest BCUT2D eigenvalue weighted by molar-refractivity contribution is 7.92. The maximum atomic E-state index is 12.1. The molecule has 0 aliphatic carbocycles. The van der Waals surface area contributed by atoms with Gasteiger partial charge in [-0.15, -0.1) is 0 Å². The molecule has 94 valence electrons. The summed E-state index contributed by atoms with van der Waals surface area (Å²) in [5.74, 6) is 0.285. The Morgan fingerprint density at radius 2 is 1.89 bits per heavy atom. The van der Waals surface area contributed by atoms with Gasteiger partial charge in [-0.1, -0.05) is 18.2 Å². The molecular formula is C12H13N3O2S. The van der Waals surface area contributed by atoms with Crippen molar-refractivity contribution in [1.82, 2.24) is 4.98 Å². The lowest BCUT2D eigenvalue weighted by Crippen LogP contribution is -2.14. The lowest BCUT2D eigenvalue weighted by Gasteiger charge is -2.09. The molecule has 0 saturated heterocycles. The molecule has 0 fully saturated rings. The summed E-state index contributed by atoms with van der Waals surface area (Å²) in [5, 5.41) is 0. The highest BCUT2D eigenvalue weighted by atomic mass is 32.2. The summed E-state index contributed by atoms with van der Waals surface area (Å²) in [6.45, 7) is 1.74. The molecule has 18 heavy (non-hydrogen) atoms. The number of nitrogens with one attached hydrogen (secondary N) is 1. The Kier molecular flexibility index (Phi) is 3.20. The van der Waals surface area contributed by atoms with E-state index in [0.29, 0.717) is 11.3 Å². The summed E-state index contributed by atoms with van der Waals surface area (Å²) in [4.78, 5) is 4.17. The van der Waals surface area contributed by atoms with Crippen LogP contribution in [0.3, 0.4) is 0 Å². The largest absolute Gasteiger partial charge is 0.397 e. The third kappa shape index (κ3) is 2.60. The number of aryl methyl sites for hydroxylation is 1. The molecule has 1 heterocycles. The number of nitrogen functional groups attached to an aromatic ring is 1. The second-order valence-corrected chi connectivity index (χ2v) is 5.54. The minimum Gasteiger partial charge on any atom is -0.397 e. The standard InChI is InChI=1S/C12H13N3O2S/c1-9-7-10(13)8-14-12(9)15-18(16,17)11-5-3-2-4-6-11/h2-8H,13H2,1H3,(H,14,15). The van der Waals surface area contributed by atoms with Crippen LogP contribution in [-0.4, -0.2) is 13.4 Å². The van der Waals surface area contributed by atoms with Crippen molar-refractivity contribution in [2.24, 2.45) is 0 Å². The van der Waals surface area contributed by atoms with Crippen LogP contribution in [0.15, 0.2) is 47.5 Å². The number of nitrogens with two attached hydrogens (primary N) is 1. The Bertz CT molecular complexity index is 654. The molecule has 0 spiro atoms. The molecule has 0 amide bonds. The maximum Gasteiger partial charge on any atom is 0.263 e. The van der Waals surface area contributed by atoms with E-state index in [0.717, 1.165) is 0 Å². The van der Waals surface area contributed by atoms with Gasteiger partial charge in [0.1, 0.15) is 5.82 Å². The van der Waals surface area contributed by atoms with E-state index < -0.39 is 10.0 Å². The predicted octanol–water partition coefficient (Wildman–Crippen LogP) is 1.77. The molecule has 0 aliphatic heterocycles. The van der Waals surface area contributed by atoms with Gasteiger partial charge in [-0.3, -0.25) is 4.72 Å². The molecule has 0 atom stereocenters. The molecule has 3 N–H and O–H groups in total. The van der Waals surface area contributed by atoms with Gasteiger partial charge in [0, 0.05) is 0 Å². The number of rotatable bonds is 3. The monoisotopic (exact) mass is 263 g/mol. The lowest BCUT2D eigenvalue weighted by atomic mass is 10.3. The molecule has 2 rings (SSSR count). The van der Waals surface area contributed by atoms with Gasteiger partial charge in [0.25, 0.3) is 10.0 Å². The predicted molar refractivity (Wildman–Crippen MR) is 70.6 cm³/mol. The molecule has 0 bridgehead atoms. The van der Waals surface area contributed by atoms with Gasteiger partial charge < -0.3 is 5.73 Å². The van der Waals surface area contributed by atoms with Crippen LogP contribution in [0.4, 0.5) is 11.5 Å². The van der Waals surface area contributed by atoms with Crippen LogP contribution >= 0.6 is 0 Å². The van der Waals surface area contributed by atoms with Crippen molar-refractivity contribution in [3.8, 4) is 0 Å². The first kappa shape index (κ1) is 12.4. The lowest BCUT2D eigenvalue weighted by molar-refractivity contribution is 0.601. The molecule has 2 aromatic rings. The Labute approximate surface area is 106 Å². The number of anilines is 2. The molecule has 1 aromatic heterocycles. The van der Waals surface area contributed by atoms with Crippen molar-refractivity contribution in [3.05, 3.63) is 48.2 Å². The fourth-order valence-corrected chi connectivity index (χ4v) is 2.59. The van der Waals surface area contributed by atoms with Crippen molar-refractivity contribution in [2.45, 2.75) is 11.8 Å². The number of hydrogen-bond donors (Lipinski definition) is 2. The average Bonchev–Trinajstić information content (AvgIpc) is 2.34. The first-order valence-electron chi connectivity index (χ1n) is 5.29. The van der Waals surface area contributed by atoms with E-state index in [9.17, 15) is 8.42 Å². The van der Waals surface area contributed by atoms with Gasteiger partial charge in [-0.2, -0.15) is 0 Å². The van der Waals surface area contributed by atoms with Crippen LogP contribution in [-0.2, 0) is 10.0 Å². The highest BCUT2D eigenvalue weighted by Gasteiger charge is 2.15. The summed E-state index contributed by atoms with van der Waals surface area (Å²) >= 11 is 0. The number of benzene rings is 1. The Hall–Kier alpha value is -2.08. The van der Waals surface area contributed by atoms with Crippen LogP contribution in [0.25, 0.3) is 0 Å². The minimum atomic E-state index is -3.60. The molecule has 0 unspecified atom stereocenters. The van der Waals surface area contributed by atoms with Crippen LogP contribution < -0.4 is 10.5 Å². The number of pyridine rings is 1. The van der Waals surface area contributed by atoms with E-state index in [1.165, 1.54) is 18.3 Å². The smallest absolute Gasteiger partial charge is 0.263 e. The van der Waals surface area contributed by atoms with Gasteiger partial charge in [0.15, 0.2) is 0 Å². The Morgan fingerprint density at radius 1 is 1.22 bits per heavy atom. The zero-order chi connectivity index (χ0) is 13.2. The van der Waals surface area contributed by atoms with Gasteiger partial charge in [0.2, 0.25) is 0 Å². The topological polar surface area (TPSA) is 85.1 Å². The molecule has 0 radical (unpaired) electrons. The van der Waals surface area contributed by atoms with Crippen LogP contribution in [0, 0.1) is 6.92 Å². The second kappa shape index (κ2) is 4.66. The van der Waals surface area contributed by atoms with E-state index in [4.69, 9.17) is 5.73 Å². The number of sulfonamides is 1. The number of hydrogen-bond acceptors (Lipinski definition) is 4. The summed E-state index contributed by atoms with van der Waals surface area (Å²) in [5.41, 5.74) is 6.73. The van der Waals surface area contributed by atoms with E-state index in [1.54, 1.807) is 31.2 Å². The molecular weight excluding hydrogens is 250 g/mol. The van der Waals surface area contributed by atoms with Crippen LogP contribution in [0.1, 0.15) is 5.56 Å². The van der Waals surface area contributed by atoms with Gasteiger partial charge in [0.05, 0.1) is 16.8 Å². The van der Waals surface area contributed by atoms with Crippen molar-refractivity contribution >= 4 is 21.5 Å². The van der Waals surface area contributed by atoms with Crippen LogP contribution in [0.2, 0.25) is 0 Å². The molecule has 5 nitrogen and oxygen atoms in total. The van der Waals surface area contributed by atoms with E-state index in [-0.39, 0.29) is 10.7 Å². The average molecular weight is 263 g/mol. The fourth-order valence-electron chi connectivity index (χ4n) is 1.49. The highest BCUT2D eigenvalue weighted by Crippen LogP contribution is 2.18. The van der Waals surface area contributed by atoms with E-state index in [2.05, 4.69) is 9.71 Å². The number of nitrogens with zero attached hydrogens (tertiary/aromatic N) is 1. The SMILES string of the molecule is Cc1cc(N)cnc1NS(=O)(=O)c1ccccc1. The summed E-state index contributed by atoms with van der Waals surface area (Å²) in [6, 6.07) is 9.79. The van der Waals surface area contributed by atoms with Crippen molar-refractivity contribution in [2.75, 3.05) is 10.5 Å². The van der Waals surface area contributed by atoms with Crippen molar-refractivity contribution < 1.29 is 8.42 Å². The van der Waals surface area contributed by atoms with E-state index in [1.807, 2.05) is 0 Å². The minimum absolute atomic E-state index is 0.197. The maximum absolute atomic E-state index is 12.1. The normalized spacial score (nSPS) is 11.2. The Balaban J connectivity index is 2.34. The zero-order valence-corrected chi connectivity index (χ0v) is 10.6. The fraction of sp³-hybridized carbons (Fsp3) is 0.0833. The number of aromatic nitrogens is 1. The second-order valence-electron chi connectivity index (χ2n) is 3.85. The van der Waals surface area contributed by atoms with Crippen molar-refractivity contribution in [1.29, 1.82) is 0 Å². The Morgan fingerprint density at radius 3 is 2.50 bits per heavy atom. The van der Waals surface area contributed by atoms with Gasteiger partial charge in [-0.05, 0) is 30.7 Å². The molecule has 6 heteroatoms. The first-order valence-corrected chi connectivity index (χ1v) is 6.77. The van der Waals surface area contributed by atoms with Gasteiger partial charge in [-0.25, -0.2) is 13.4 Å².